The van der Waals surface area contributed by atoms with E-state index in [2.05, 4.69) is 16.0 Å². The molecule has 0 bridgehead atoms. The van der Waals surface area contributed by atoms with E-state index < -0.39 is 60.4 Å². The predicted molar refractivity (Wildman–Crippen MR) is 102 cm³/mol. The van der Waals surface area contributed by atoms with Crippen LogP contribution in [0.25, 0.3) is 0 Å². The van der Waals surface area contributed by atoms with Crippen LogP contribution in [0, 0.1) is 5.92 Å². The van der Waals surface area contributed by atoms with Gasteiger partial charge in [0.05, 0.1) is 12.6 Å². The normalized spacial score (nSPS) is 15.0. The molecule has 0 aromatic carbocycles. The second kappa shape index (κ2) is 12.7. The highest BCUT2D eigenvalue weighted by Crippen LogP contribution is 2.06. The van der Waals surface area contributed by atoms with E-state index in [1.54, 1.807) is 13.8 Å². The van der Waals surface area contributed by atoms with Crippen LogP contribution in [0.5, 0.6) is 0 Å². The first-order chi connectivity index (χ1) is 13.4. The van der Waals surface area contributed by atoms with Crippen molar-refractivity contribution in [1.82, 2.24) is 16.0 Å². The Morgan fingerprint density at radius 1 is 0.862 bits per heavy atom. The Kier molecular flexibility index (Phi) is 11.5. The molecule has 0 aromatic heterocycles. The summed E-state index contributed by atoms with van der Waals surface area (Å²) in [6.45, 7) is 4.13. The summed E-state index contributed by atoms with van der Waals surface area (Å²) in [7, 11) is 0. The lowest BCUT2D eigenvalue weighted by molar-refractivity contribution is -0.143. The van der Waals surface area contributed by atoms with Crippen LogP contribution in [-0.2, 0) is 24.0 Å². The molecule has 0 aliphatic heterocycles. The third-order valence-corrected chi connectivity index (χ3v) is 3.86. The van der Waals surface area contributed by atoms with Gasteiger partial charge in [-0.2, -0.15) is 0 Å². The standard InChI is InChI=1S/C17H31N5O7/c1-8(2)6-11(17(28)29)21-16(27)12(7-23)22-15(26)10(4-5-13(19)24)20-14(25)9(3)18/h8-12,23H,4-7,18H2,1-3H3,(H2,19,24)(H,20,25)(H,21,27)(H,22,26)(H,28,29). The molecule has 0 aliphatic rings. The van der Waals surface area contributed by atoms with Gasteiger partial charge < -0.3 is 37.6 Å². The fraction of sp³-hybridized carbons (Fsp3) is 0.706. The molecule has 0 fully saturated rings. The molecule has 12 nitrogen and oxygen atoms in total. The number of nitrogens with two attached hydrogens (primary N) is 2. The van der Waals surface area contributed by atoms with Crippen molar-refractivity contribution in [3.63, 3.8) is 0 Å². The first kappa shape index (κ1) is 26.3. The van der Waals surface area contributed by atoms with Crippen LogP contribution in [0.4, 0.5) is 0 Å². The molecule has 166 valence electrons. The van der Waals surface area contributed by atoms with Crippen LogP contribution in [0.3, 0.4) is 0 Å². The summed E-state index contributed by atoms with van der Waals surface area (Å²) in [5.74, 6) is -4.40. The van der Waals surface area contributed by atoms with Gasteiger partial charge in [0.25, 0.3) is 0 Å². The molecule has 0 aromatic rings. The molecule has 12 heteroatoms. The zero-order valence-corrected chi connectivity index (χ0v) is 16.8. The van der Waals surface area contributed by atoms with Crippen molar-refractivity contribution in [2.75, 3.05) is 6.61 Å². The minimum absolute atomic E-state index is 0.0230. The van der Waals surface area contributed by atoms with Gasteiger partial charge in [-0.1, -0.05) is 13.8 Å². The van der Waals surface area contributed by atoms with Gasteiger partial charge in [0.15, 0.2) is 0 Å². The number of hydrogen-bond donors (Lipinski definition) is 7. The second-order valence-electron chi connectivity index (χ2n) is 7.13. The summed E-state index contributed by atoms with van der Waals surface area (Å²) in [6.07, 6.45) is -0.216. The number of hydrogen-bond acceptors (Lipinski definition) is 7. The number of aliphatic carboxylic acids is 1. The molecule has 0 radical (unpaired) electrons. The van der Waals surface area contributed by atoms with Crippen molar-refractivity contribution in [3.05, 3.63) is 0 Å². The highest BCUT2D eigenvalue weighted by molar-refractivity contribution is 5.94. The largest absolute Gasteiger partial charge is 0.480 e. The Bertz CT molecular complexity index is 609. The van der Waals surface area contributed by atoms with Gasteiger partial charge in [0.2, 0.25) is 23.6 Å². The molecular weight excluding hydrogens is 386 g/mol. The van der Waals surface area contributed by atoms with Gasteiger partial charge in [-0.25, -0.2) is 4.79 Å². The topological polar surface area (TPSA) is 214 Å². The molecule has 0 spiro atoms. The zero-order valence-electron chi connectivity index (χ0n) is 16.8. The van der Waals surface area contributed by atoms with Gasteiger partial charge >= 0.3 is 5.97 Å². The van der Waals surface area contributed by atoms with Crippen molar-refractivity contribution >= 4 is 29.6 Å². The molecule has 0 heterocycles. The highest BCUT2D eigenvalue weighted by Gasteiger charge is 2.30. The van der Waals surface area contributed by atoms with E-state index in [-0.39, 0.29) is 25.2 Å². The smallest absolute Gasteiger partial charge is 0.326 e. The van der Waals surface area contributed by atoms with E-state index in [1.165, 1.54) is 6.92 Å². The Morgan fingerprint density at radius 2 is 1.34 bits per heavy atom. The number of carboxylic acid groups (broad SMARTS) is 1. The van der Waals surface area contributed by atoms with E-state index in [9.17, 15) is 34.2 Å². The third kappa shape index (κ3) is 10.4. The van der Waals surface area contributed by atoms with Crippen LogP contribution in [0.15, 0.2) is 0 Å². The Morgan fingerprint density at radius 3 is 1.76 bits per heavy atom. The maximum atomic E-state index is 12.5. The van der Waals surface area contributed by atoms with Gasteiger partial charge in [0, 0.05) is 6.42 Å². The predicted octanol–water partition coefficient (Wildman–Crippen LogP) is -2.82. The van der Waals surface area contributed by atoms with Gasteiger partial charge in [-0.15, -0.1) is 0 Å². The number of aliphatic hydroxyl groups excluding tert-OH is 1. The third-order valence-electron chi connectivity index (χ3n) is 3.86. The first-order valence-corrected chi connectivity index (χ1v) is 9.17. The highest BCUT2D eigenvalue weighted by atomic mass is 16.4. The quantitative estimate of drug-likeness (QED) is 0.165. The number of amides is 4. The van der Waals surface area contributed by atoms with E-state index in [0.717, 1.165) is 0 Å². The van der Waals surface area contributed by atoms with Crippen molar-refractivity contribution in [1.29, 1.82) is 0 Å². The summed E-state index contributed by atoms with van der Waals surface area (Å²) in [6, 6.07) is -4.81. The number of carbonyl (C=O) groups excluding carboxylic acids is 4. The molecule has 0 aliphatic carbocycles. The summed E-state index contributed by atoms with van der Waals surface area (Å²) < 4.78 is 0. The lowest BCUT2D eigenvalue weighted by atomic mass is 10.0. The second-order valence-corrected chi connectivity index (χ2v) is 7.13. The minimum Gasteiger partial charge on any atom is -0.480 e. The molecule has 0 saturated carbocycles. The summed E-state index contributed by atoms with van der Waals surface area (Å²) in [4.78, 5) is 58.8. The number of carbonyl (C=O) groups is 5. The van der Waals surface area contributed by atoms with E-state index in [4.69, 9.17) is 11.5 Å². The monoisotopic (exact) mass is 417 g/mol. The number of aliphatic hydroxyl groups is 1. The van der Waals surface area contributed by atoms with Gasteiger partial charge in [-0.05, 0) is 25.7 Å². The van der Waals surface area contributed by atoms with Gasteiger partial charge in [-0.3, -0.25) is 19.2 Å². The van der Waals surface area contributed by atoms with Crippen molar-refractivity contribution < 1.29 is 34.2 Å². The molecule has 4 unspecified atom stereocenters. The molecule has 0 saturated heterocycles. The SMILES string of the molecule is CC(C)CC(NC(=O)C(CO)NC(=O)C(CCC(N)=O)NC(=O)C(C)N)C(=O)O. The molecule has 4 amide bonds. The fourth-order valence-corrected chi connectivity index (χ4v) is 2.29. The van der Waals surface area contributed by atoms with E-state index in [1.807, 2.05) is 0 Å². The molecule has 4 atom stereocenters. The average molecular weight is 417 g/mol. The molecule has 9 N–H and O–H groups in total. The zero-order chi connectivity index (χ0) is 22.7. The van der Waals surface area contributed by atoms with Crippen molar-refractivity contribution in [2.24, 2.45) is 17.4 Å². The molecule has 0 rings (SSSR count). The summed E-state index contributed by atoms with van der Waals surface area (Å²) in [5, 5.41) is 25.5. The van der Waals surface area contributed by atoms with Crippen LogP contribution < -0.4 is 27.4 Å². The summed E-state index contributed by atoms with van der Waals surface area (Å²) in [5.41, 5.74) is 10.5. The number of rotatable bonds is 13. The summed E-state index contributed by atoms with van der Waals surface area (Å²) >= 11 is 0. The molecule has 29 heavy (non-hydrogen) atoms. The number of nitrogens with one attached hydrogen (secondary N) is 3. The first-order valence-electron chi connectivity index (χ1n) is 9.17. The average Bonchev–Trinajstić information content (AvgIpc) is 2.60. The van der Waals surface area contributed by atoms with Crippen LogP contribution in [-0.4, -0.2) is 70.6 Å². The Balaban J connectivity index is 5.19. The Labute approximate surface area is 168 Å². The number of primary amides is 1. The Hall–Kier alpha value is -2.73. The fourth-order valence-electron chi connectivity index (χ4n) is 2.29. The van der Waals surface area contributed by atoms with Crippen LogP contribution in [0.2, 0.25) is 0 Å². The maximum absolute atomic E-state index is 12.5. The number of carboxylic acids is 1. The van der Waals surface area contributed by atoms with E-state index >= 15 is 0 Å². The minimum atomic E-state index is -1.46. The maximum Gasteiger partial charge on any atom is 0.326 e. The van der Waals surface area contributed by atoms with Crippen LogP contribution >= 0.6 is 0 Å². The molecular formula is C17H31N5O7. The van der Waals surface area contributed by atoms with Crippen molar-refractivity contribution in [3.8, 4) is 0 Å². The lowest BCUT2D eigenvalue weighted by Gasteiger charge is -2.24. The van der Waals surface area contributed by atoms with Crippen LogP contribution in [0.1, 0.15) is 40.0 Å². The van der Waals surface area contributed by atoms with E-state index in [0.29, 0.717) is 0 Å². The van der Waals surface area contributed by atoms with Crippen molar-refractivity contribution in [2.45, 2.75) is 64.2 Å². The van der Waals surface area contributed by atoms with Gasteiger partial charge in [0.1, 0.15) is 18.1 Å². The lowest BCUT2D eigenvalue weighted by Crippen LogP contribution is -2.58.